The molecule has 1 saturated heterocycles. The molecule has 0 saturated carbocycles. The lowest BCUT2D eigenvalue weighted by atomic mass is 9.93. The number of hydrogen-bond donors (Lipinski definition) is 1. The number of nitrogens with zero attached hydrogens (tertiary/aromatic N) is 1. The molecule has 4 rings (SSSR count). The van der Waals surface area contributed by atoms with Gasteiger partial charge in [-0.15, -0.1) is 12.4 Å². The maximum absolute atomic E-state index is 6.35. The zero-order valence-electron chi connectivity index (χ0n) is 14.8. The molecule has 0 radical (unpaired) electrons. The van der Waals surface area contributed by atoms with E-state index in [4.69, 9.17) is 11.6 Å². The molecule has 2 aromatic rings. The molecule has 0 aromatic heterocycles. The average molecular weight is 377 g/mol. The van der Waals surface area contributed by atoms with Crippen molar-refractivity contribution in [2.75, 3.05) is 19.6 Å². The van der Waals surface area contributed by atoms with Crippen molar-refractivity contribution in [3.05, 3.63) is 70.2 Å². The lowest BCUT2D eigenvalue weighted by molar-refractivity contribution is 0.107. The monoisotopic (exact) mass is 376 g/mol. The van der Waals surface area contributed by atoms with Crippen LogP contribution in [0.25, 0.3) is 0 Å². The first-order chi connectivity index (χ1) is 11.5. The average Bonchev–Trinajstić information content (AvgIpc) is 2.93. The Morgan fingerprint density at radius 1 is 1.08 bits per heavy atom. The maximum Gasteiger partial charge on any atom is 0.0409 e. The van der Waals surface area contributed by atoms with E-state index in [0.29, 0.717) is 12.0 Å². The summed E-state index contributed by atoms with van der Waals surface area (Å²) in [6.07, 6.45) is 1.15. The van der Waals surface area contributed by atoms with Gasteiger partial charge < -0.3 is 5.32 Å². The van der Waals surface area contributed by atoms with Gasteiger partial charge in [0.25, 0.3) is 0 Å². The van der Waals surface area contributed by atoms with Crippen LogP contribution in [-0.4, -0.2) is 30.1 Å². The van der Waals surface area contributed by atoms with E-state index in [1.165, 1.54) is 16.7 Å². The largest absolute Gasteiger partial charge is 0.309 e. The van der Waals surface area contributed by atoms with E-state index in [2.05, 4.69) is 66.5 Å². The second kappa shape index (κ2) is 7.28. The van der Waals surface area contributed by atoms with Crippen LogP contribution in [0.5, 0.6) is 0 Å². The Bertz CT molecular complexity index is 730. The van der Waals surface area contributed by atoms with Gasteiger partial charge in [0, 0.05) is 42.2 Å². The van der Waals surface area contributed by atoms with E-state index < -0.39 is 0 Å². The molecule has 0 spiro atoms. The Morgan fingerprint density at radius 2 is 1.84 bits per heavy atom. The summed E-state index contributed by atoms with van der Waals surface area (Å²) in [5, 5.41) is 4.47. The van der Waals surface area contributed by atoms with Crippen molar-refractivity contribution < 1.29 is 0 Å². The molecular formula is C21H26Cl2N2. The Morgan fingerprint density at radius 3 is 2.56 bits per heavy atom. The maximum atomic E-state index is 6.35. The third-order valence-corrected chi connectivity index (χ3v) is 5.72. The minimum atomic E-state index is 0. The van der Waals surface area contributed by atoms with Crippen LogP contribution in [0.2, 0.25) is 5.02 Å². The quantitative estimate of drug-likeness (QED) is 0.790. The number of halogens is 2. The van der Waals surface area contributed by atoms with Crippen molar-refractivity contribution in [1.82, 2.24) is 10.2 Å². The lowest BCUT2D eigenvalue weighted by Gasteiger charge is -2.42. The van der Waals surface area contributed by atoms with Crippen LogP contribution in [-0.2, 0) is 0 Å². The van der Waals surface area contributed by atoms with Gasteiger partial charge in [-0.2, -0.15) is 0 Å². The van der Waals surface area contributed by atoms with Crippen molar-refractivity contribution in [2.24, 2.45) is 0 Å². The first-order valence-corrected chi connectivity index (χ1v) is 9.25. The molecule has 1 aliphatic heterocycles. The second-order valence-corrected chi connectivity index (χ2v) is 8.21. The Hall–Kier alpha value is -1.06. The van der Waals surface area contributed by atoms with Crippen LogP contribution in [0.1, 0.15) is 48.9 Å². The van der Waals surface area contributed by atoms with E-state index in [1.54, 1.807) is 0 Å². The summed E-state index contributed by atoms with van der Waals surface area (Å²) in [6.45, 7) is 7.81. The summed E-state index contributed by atoms with van der Waals surface area (Å²) in [4.78, 5) is 2.65. The molecule has 1 heterocycles. The third-order valence-electron chi connectivity index (χ3n) is 5.49. The normalized spacial score (nSPS) is 25.2. The highest BCUT2D eigenvalue weighted by molar-refractivity contribution is 6.30. The Balaban J connectivity index is 0.00000182. The summed E-state index contributed by atoms with van der Waals surface area (Å²) >= 11 is 6.35. The Labute approximate surface area is 162 Å². The first-order valence-electron chi connectivity index (χ1n) is 8.87. The van der Waals surface area contributed by atoms with Gasteiger partial charge in [-0.05, 0) is 49.1 Å². The highest BCUT2D eigenvalue weighted by Crippen LogP contribution is 2.47. The van der Waals surface area contributed by atoms with Crippen LogP contribution in [0.3, 0.4) is 0 Å². The van der Waals surface area contributed by atoms with Crippen LogP contribution in [0, 0.1) is 0 Å². The number of rotatable bonds is 2. The van der Waals surface area contributed by atoms with Gasteiger partial charge >= 0.3 is 0 Å². The molecule has 1 fully saturated rings. The van der Waals surface area contributed by atoms with E-state index >= 15 is 0 Å². The molecule has 2 nitrogen and oxygen atoms in total. The predicted molar refractivity (Wildman–Crippen MR) is 108 cm³/mol. The van der Waals surface area contributed by atoms with Crippen molar-refractivity contribution in [2.45, 2.75) is 37.8 Å². The third kappa shape index (κ3) is 3.73. The fourth-order valence-electron chi connectivity index (χ4n) is 4.42. The predicted octanol–water partition coefficient (Wildman–Crippen LogP) is 5.02. The van der Waals surface area contributed by atoms with Gasteiger partial charge in [0.05, 0.1) is 0 Å². The van der Waals surface area contributed by atoms with Crippen LogP contribution in [0.4, 0.5) is 0 Å². The van der Waals surface area contributed by atoms with E-state index in [0.717, 1.165) is 31.1 Å². The standard InChI is InChI=1S/C21H25ClN2.ClH/c1-21(2)14-24(11-10-23-21)20-13-18(15-6-4-3-5-7-15)17-9-8-16(22)12-19(17)20;/h3-9,12,18,20,23H,10-11,13-14H2,1-2H3;1H/t18-,20-;/m0./s1. The summed E-state index contributed by atoms with van der Waals surface area (Å²) in [6, 6.07) is 17.8. The molecule has 0 unspecified atom stereocenters. The van der Waals surface area contributed by atoms with Gasteiger partial charge in [0.15, 0.2) is 0 Å². The zero-order chi connectivity index (χ0) is 16.7. The highest BCUT2D eigenvalue weighted by Gasteiger charge is 2.38. The molecule has 2 aliphatic rings. The number of piperazine rings is 1. The van der Waals surface area contributed by atoms with Gasteiger partial charge in [0.2, 0.25) is 0 Å². The molecular weight excluding hydrogens is 351 g/mol. The number of nitrogens with one attached hydrogen (secondary N) is 1. The zero-order valence-corrected chi connectivity index (χ0v) is 16.4. The number of hydrogen-bond acceptors (Lipinski definition) is 2. The summed E-state index contributed by atoms with van der Waals surface area (Å²) in [7, 11) is 0. The van der Waals surface area contributed by atoms with Crippen LogP contribution < -0.4 is 5.32 Å². The van der Waals surface area contributed by atoms with Crippen LogP contribution >= 0.6 is 24.0 Å². The van der Waals surface area contributed by atoms with E-state index in [9.17, 15) is 0 Å². The summed E-state index contributed by atoms with van der Waals surface area (Å²) < 4.78 is 0. The molecule has 1 N–H and O–H groups in total. The topological polar surface area (TPSA) is 15.3 Å². The van der Waals surface area contributed by atoms with Gasteiger partial charge in [-0.1, -0.05) is 48.0 Å². The molecule has 25 heavy (non-hydrogen) atoms. The van der Waals surface area contributed by atoms with Gasteiger partial charge in [-0.3, -0.25) is 4.90 Å². The molecule has 2 aromatic carbocycles. The molecule has 134 valence electrons. The summed E-state index contributed by atoms with van der Waals surface area (Å²) in [5.41, 5.74) is 4.46. The fourth-order valence-corrected chi connectivity index (χ4v) is 4.60. The number of fused-ring (bicyclic) bond motifs is 1. The Kier molecular flexibility index (Phi) is 5.45. The molecule has 2 atom stereocenters. The van der Waals surface area contributed by atoms with Crippen molar-refractivity contribution in [3.63, 3.8) is 0 Å². The molecule has 0 bridgehead atoms. The molecule has 4 heteroatoms. The fraction of sp³-hybridized carbons (Fsp3) is 0.429. The number of benzene rings is 2. The first kappa shape index (κ1) is 18.7. The molecule has 1 aliphatic carbocycles. The van der Waals surface area contributed by atoms with Crippen molar-refractivity contribution in [3.8, 4) is 0 Å². The SMILES string of the molecule is CC1(C)CN([C@H]2C[C@@H](c3ccccc3)c3ccc(Cl)cc32)CCN1.Cl. The second-order valence-electron chi connectivity index (χ2n) is 7.77. The van der Waals surface area contributed by atoms with Crippen LogP contribution in [0.15, 0.2) is 48.5 Å². The van der Waals surface area contributed by atoms with Crippen molar-refractivity contribution >= 4 is 24.0 Å². The highest BCUT2D eigenvalue weighted by atomic mass is 35.5. The minimum absolute atomic E-state index is 0. The summed E-state index contributed by atoms with van der Waals surface area (Å²) in [5.74, 6) is 0.474. The smallest absolute Gasteiger partial charge is 0.0409 e. The van der Waals surface area contributed by atoms with Gasteiger partial charge in [0.1, 0.15) is 0 Å². The van der Waals surface area contributed by atoms with Gasteiger partial charge in [-0.25, -0.2) is 0 Å². The van der Waals surface area contributed by atoms with Crippen molar-refractivity contribution in [1.29, 1.82) is 0 Å². The van der Waals surface area contributed by atoms with E-state index in [-0.39, 0.29) is 17.9 Å². The minimum Gasteiger partial charge on any atom is -0.309 e. The van der Waals surface area contributed by atoms with E-state index in [1.807, 2.05) is 6.07 Å². The molecule has 0 amide bonds. The lowest BCUT2D eigenvalue weighted by Crippen LogP contribution is -2.57.